The van der Waals surface area contributed by atoms with Crippen molar-refractivity contribution in [3.05, 3.63) is 53.8 Å². The minimum Gasteiger partial charge on any atom is -0.397 e. The number of urea groups is 1. The molecule has 4 nitrogen and oxygen atoms in total. The standard InChI is InChI=1S/C14H14FN3O/c1-9-3-2-4-11(7-9)17-14(19)18-13-8-10(15)5-6-12(13)16/h2-8H,16H2,1H3,(H2,17,18,19). The second-order valence-electron chi connectivity index (χ2n) is 4.18. The molecule has 2 rings (SSSR count). The first-order valence-corrected chi connectivity index (χ1v) is 5.74. The molecule has 98 valence electrons. The quantitative estimate of drug-likeness (QED) is 0.724. The fourth-order valence-corrected chi connectivity index (χ4v) is 1.64. The summed E-state index contributed by atoms with van der Waals surface area (Å²) < 4.78 is 13.1. The summed E-state index contributed by atoms with van der Waals surface area (Å²) in [5.74, 6) is -0.458. The molecule has 4 N–H and O–H groups in total. The van der Waals surface area contributed by atoms with Crippen molar-refractivity contribution in [1.82, 2.24) is 0 Å². The first-order chi connectivity index (χ1) is 9.04. The number of rotatable bonds is 2. The Labute approximate surface area is 110 Å². The maximum Gasteiger partial charge on any atom is 0.323 e. The lowest BCUT2D eigenvalue weighted by molar-refractivity contribution is 0.262. The van der Waals surface area contributed by atoms with Crippen molar-refractivity contribution in [2.75, 3.05) is 16.4 Å². The normalized spacial score (nSPS) is 10.0. The van der Waals surface area contributed by atoms with Crippen molar-refractivity contribution in [2.24, 2.45) is 0 Å². The summed E-state index contributed by atoms with van der Waals surface area (Å²) in [5, 5.41) is 5.15. The van der Waals surface area contributed by atoms with Crippen molar-refractivity contribution in [2.45, 2.75) is 6.92 Å². The number of carbonyl (C=O) groups excluding carboxylic acids is 1. The molecule has 0 aliphatic carbocycles. The predicted octanol–water partition coefficient (Wildman–Crippen LogP) is 3.36. The first-order valence-electron chi connectivity index (χ1n) is 5.74. The van der Waals surface area contributed by atoms with Gasteiger partial charge in [0.05, 0.1) is 11.4 Å². The van der Waals surface area contributed by atoms with Gasteiger partial charge < -0.3 is 16.4 Å². The fourth-order valence-electron chi connectivity index (χ4n) is 1.64. The molecular formula is C14H14FN3O. The van der Waals surface area contributed by atoms with Crippen molar-refractivity contribution in [1.29, 1.82) is 0 Å². The van der Waals surface area contributed by atoms with Crippen LogP contribution in [0.25, 0.3) is 0 Å². The molecule has 19 heavy (non-hydrogen) atoms. The molecule has 0 saturated carbocycles. The van der Waals surface area contributed by atoms with Gasteiger partial charge in [0, 0.05) is 5.69 Å². The Kier molecular flexibility index (Phi) is 3.66. The van der Waals surface area contributed by atoms with Gasteiger partial charge in [-0.3, -0.25) is 0 Å². The molecule has 2 aromatic rings. The largest absolute Gasteiger partial charge is 0.397 e. The third-order valence-electron chi connectivity index (χ3n) is 2.54. The Balaban J connectivity index is 2.07. The third-order valence-corrected chi connectivity index (χ3v) is 2.54. The zero-order chi connectivity index (χ0) is 13.8. The maximum absolute atomic E-state index is 13.1. The summed E-state index contributed by atoms with van der Waals surface area (Å²) in [7, 11) is 0. The van der Waals surface area contributed by atoms with Gasteiger partial charge in [-0.25, -0.2) is 9.18 Å². The van der Waals surface area contributed by atoms with E-state index in [1.54, 1.807) is 6.07 Å². The van der Waals surface area contributed by atoms with Gasteiger partial charge in [0.15, 0.2) is 0 Å². The van der Waals surface area contributed by atoms with E-state index in [9.17, 15) is 9.18 Å². The third kappa shape index (κ3) is 3.45. The van der Waals surface area contributed by atoms with E-state index >= 15 is 0 Å². The molecular weight excluding hydrogens is 245 g/mol. The summed E-state index contributed by atoms with van der Waals surface area (Å²) in [6.07, 6.45) is 0. The number of amides is 2. The molecule has 0 heterocycles. The summed E-state index contributed by atoms with van der Waals surface area (Å²) >= 11 is 0. The summed E-state index contributed by atoms with van der Waals surface area (Å²) in [6, 6.07) is 10.7. The van der Waals surface area contributed by atoms with E-state index in [4.69, 9.17) is 5.73 Å². The van der Waals surface area contributed by atoms with E-state index < -0.39 is 11.8 Å². The summed E-state index contributed by atoms with van der Waals surface area (Å²) in [6.45, 7) is 1.92. The number of nitrogens with one attached hydrogen (secondary N) is 2. The number of carbonyl (C=O) groups is 1. The lowest BCUT2D eigenvalue weighted by Crippen LogP contribution is -2.20. The van der Waals surface area contributed by atoms with Crippen molar-refractivity contribution in [3.8, 4) is 0 Å². The van der Waals surface area contributed by atoms with Crippen molar-refractivity contribution >= 4 is 23.1 Å². The van der Waals surface area contributed by atoms with Crippen LogP contribution in [0.15, 0.2) is 42.5 Å². The van der Waals surface area contributed by atoms with Crippen LogP contribution in [0.4, 0.5) is 26.2 Å². The second kappa shape index (κ2) is 5.39. The number of halogens is 1. The average molecular weight is 259 g/mol. The molecule has 0 aromatic heterocycles. The van der Waals surface area contributed by atoms with E-state index in [2.05, 4.69) is 10.6 Å². The molecule has 0 unspecified atom stereocenters. The molecule has 0 spiro atoms. The van der Waals surface area contributed by atoms with Crippen LogP contribution >= 0.6 is 0 Å². The van der Waals surface area contributed by atoms with Gasteiger partial charge in [0.1, 0.15) is 5.82 Å². The number of hydrogen-bond donors (Lipinski definition) is 3. The Morgan fingerprint density at radius 2 is 1.95 bits per heavy atom. The van der Waals surface area contributed by atoms with E-state index in [-0.39, 0.29) is 5.69 Å². The van der Waals surface area contributed by atoms with E-state index in [1.165, 1.54) is 18.2 Å². The Morgan fingerprint density at radius 1 is 1.16 bits per heavy atom. The minimum atomic E-state index is -0.470. The second-order valence-corrected chi connectivity index (χ2v) is 4.18. The number of aryl methyl sites for hydroxylation is 1. The summed E-state index contributed by atoms with van der Waals surface area (Å²) in [5.41, 5.74) is 7.88. The van der Waals surface area contributed by atoms with Gasteiger partial charge in [0.25, 0.3) is 0 Å². The van der Waals surface area contributed by atoms with Gasteiger partial charge >= 0.3 is 6.03 Å². The smallest absolute Gasteiger partial charge is 0.323 e. The number of hydrogen-bond acceptors (Lipinski definition) is 2. The Hall–Kier alpha value is -2.56. The molecule has 0 atom stereocenters. The van der Waals surface area contributed by atoms with Crippen LogP contribution in [0.1, 0.15) is 5.56 Å². The first kappa shape index (κ1) is 12.9. The lowest BCUT2D eigenvalue weighted by atomic mass is 10.2. The molecule has 0 bridgehead atoms. The minimum absolute atomic E-state index is 0.241. The number of nitrogens with two attached hydrogens (primary N) is 1. The lowest BCUT2D eigenvalue weighted by Gasteiger charge is -2.10. The zero-order valence-corrected chi connectivity index (χ0v) is 10.4. The maximum atomic E-state index is 13.1. The molecule has 0 saturated heterocycles. The van der Waals surface area contributed by atoms with Crippen LogP contribution in [0, 0.1) is 12.7 Å². The monoisotopic (exact) mass is 259 g/mol. The molecule has 2 amide bonds. The highest BCUT2D eigenvalue weighted by Crippen LogP contribution is 2.19. The van der Waals surface area contributed by atoms with Crippen molar-refractivity contribution < 1.29 is 9.18 Å². The number of anilines is 3. The van der Waals surface area contributed by atoms with Crippen LogP contribution in [0.2, 0.25) is 0 Å². The SMILES string of the molecule is Cc1cccc(NC(=O)Nc2cc(F)ccc2N)c1. The number of nitrogen functional groups attached to an aromatic ring is 1. The highest BCUT2D eigenvalue weighted by molar-refractivity contribution is 6.01. The molecule has 2 aromatic carbocycles. The van der Waals surface area contributed by atoms with E-state index in [1.807, 2.05) is 25.1 Å². The highest BCUT2D eigenvalue weighted by atomic mass is 19.1. The van der Waals surface area contributed by atoms with Gasteiger partial charge in [-0.05, 0) is 42.8 Å². The fraction of sp³-hybridized carbons (Fsp3) is 0.0714. The van der Waals surface area contributed by atoms with Crippen LogP contribution in [-0.2, 0) is 0 Å². The van der Waals surface area contributed by atoms with Crippen LogP contribution < -0.4 is 16.4 Å². The predicted molar refractivity (Wildman–Crippen MR) is 74.6 cm³/mol. The Morgan fingerprint density at radius 3 is 2.68 bits per heavy atom. The van der Waals surface area contributed by atoms with Crippen LogP contribution in [0.5, 0.6) is 0 Å². The van der Waals surface area contributed by atoms with Crippen LogP contribution in [0.3, 0.4) is 0 Å². The van der Waals surface area contributed by atoms with Gasteiger partial charge in [-0.15, -0.1) is 0 Å². The Bertz CT molecular complexity index is 613. The molecule has 0 aliphatic heterocycles. The molecule has 0 aliphatic rings. The van der Waals surface area contributed by atoms with Gasteiger partial charge in [0.2, 0.25) is 0 Å². The van der Waals surface area contributed by atoms with Gasteiger partial charge in [-0.1, -0.05) is 12.1 Å². The topological polar surface area (TPSA) is 67.2 Å². The molecule has 0 radical (unpaired) electrons. The van der Waals surface area contributed by atoms with Crippen LogP contribution in [-0.4, -0.2) is 6.03 Å². The van der Waals surface area contributed by atoms with Gasteiger partial charge in [-0.2, -0.15) is 0 Å². The van der Waals surface area contributed by atoms with Crippen molar-refractivity contribution in [3.63, 3.8) is 0 Å². The molecule has 0 fully saturated rings. The number of benzene rings is 2. The molecule has 5 heteroatoms. The van der Waals surface area contributed by atoms with E-state index in [0.29, 0.717) is 11.4 Å². The zero-order valence-electron chi connectivity index (χ0n) is 10.4. The highest BCUT2D eigenvalue weighted by Gasteiger charge is 2.06. The summed E-state index contributed by atoms with van der Waals surface area (Å²) in [4.78, 5) is 11.8. The average Bonchev–Trinajstić information content (AvgIpc) is 2.34. The van der Waals surface area contributed by atoms with E-state index in [0.717, 1.165) is 5.56 Å².